The molecule has 0 saturated heterocycles. The smallest absolute Gasteiger partial charge is 0.284 e. The Morgan fingerprint density at radius 2 is 2.38 bits per heavy atom. The fraction of sp³-hybridized carbons (Fsp3) is 0.182. The summed E-state index contributed by atoms with van der Waals surface area (Å²) >= 11 is 0. The number of fused-ring (bicyclic) bond motifs is 1. The number of aromatic amines is 1. The Labute approximate surface area is 91.9 Å². The highest BCUT2D eigenvalue weighted by molar-refractivity contribution is 6.23. The van der Waals surface area contributed by atoms with Crippen molar-refractivity contribution in [2.45, 2.75) is 6.42 Å². The first kappa shape index (κ1) is 10.4. The molecule has 1 heterocycles. The van der Waals surface area contributed by atoms with E-state index in [4.69, 9.17) is 0 Å². The Bertz CT molecular complexity index is 519. The van der Waals surface area contributed by atoms with Crippen LogP contribution in [0.25, 0.3) is 11.0 Å². The summed E-state index contributed by atoms with van der Waals surface area (Å²) in [5.74, 6) is -0.581. The van der Waals surface area contributed by atoms with Crippen LogP contribution in [0.3, 0.4) is 0 Å². The quantitative estimate of drug-likeness (QED) is 0.575. The topological polar surface area (TPSA) is 74.8 Å². The number of hydrogen-bond donors (Lipinski definition) is 2. The van der Waals surface area contributed by atoms with Gasteiger partial charge in [-0.15, -0.1) is 0 Å². The van der Waals surface area contributed by atoms with Gasteiger partial charge in [0.25, 0.3) is 5.91 Å². The van der Waals surface area contributed by atoms with Crippen molar-refractivity contribution in [2.24, 2.45) is 0 Å². The van der Waals surface area contributed by atoms with Crippen molar-refractivity contribution in [3.8, 4) is 0 Å². The molecule has 5 nitrogen and oxygen atoms in total. The third kappa shape index (κ3) is 2.25. The number of nitrogens with zero attached hydrogens (tertiary/aromatic N) is 1. The predicted molar refractivity (Wildman–Crippen MR) is 58.9 cm³/mol. The first-order valence-corrected chi connectivity index (χ1v) is 4.94. The third-order valence-corrected chi connectivity index (χ3v) is 2.30. The minimum Gasteiger partial charge on any atom is -0.349 e. The molecule has 0 aliphatic rings. The van der Waals surface area contributed by atoms with Crippen LogP contribution < -0.4 is 5.32 Å². The zero-order chi connectivity index (χ0) is 11.4. The molecule has 1 aromatic heterocycles. The van der Waals surface area contributed by atoms with Gasteiger partial charge in [0.1, 0.15) is 0 Å². The molecule has 0 saturated carbocycles. The Morgan fingerprint density at radius 1 is 1.50 bits per heavy atom. The van der Waals surface area contributed by atoms with E-state index in [2.05, 4.69) is 15.3 Å². The molecular formula is C11H11N3O2. The first-order valence-electron chi connectivity index (χ1n) is 4.94. The Hall–Kier alpha value is -2.17. The molecule has 0 radical (unpaired) electrons. The lowest BCUT2D eigenvalue weighted by atomic mass is 10.1. The molecule has 2 N–H and O–H groups in total. The average Bonchev–Trinajstić information content (AvgIpc) is 2.76. The molecule has 5 heteroatoms. The normalized spacial score (nSPS) is 10.2. The number of carbonyl (C=O) groups is 2. The molecular weight excluding hydrogens is 206 g/mol. The lowest BCUT2D eigenvalue weighted by Crippen LogP contribution is -2.26. The highest BCUT2D eigenvalue weighted by Crippen LogP contribution is 2.11. The van der Waals surface area contributed by atoms with E-state index in [9.17, 15) is 9.59 Å². The van der Waals surface area contributed by atoms with Crippen molar-refractivity contribution in [3.63, 3.8) is 0 Å². The van der Waals surface area contributed by atoms with Crippen LogP contribution in [0.15, 0.2) is 24.5 Å². The molecule has 0 spiro atoms. The summed E-state index contributed by atoms with van der Waals surface area (Å²) in [7, 11) is 0. The Balaban J connectivity index is 1.98. The maximum absolute atomic E-state index is 10.7. The highest BCUT2D eigenvalue weighted by atomic mass is 16.2. The number of benzene rings is 1. The predicted octanol–water partition coefficient (Wildman–Crippen LogP) is 0.420. The SMILES string of the molecule is O=CC(=O)NCCc1ccc2nc[nH]c2c1. The maximum atomic E-state index is 10.7. The Morgan fingerprint density at radius 3 is 3.19 bits per heavy atom. The van der Waals surface area contributed by atoms with E-state index in [1.54, 1.807) is 6.33 Å². The van der Waals surface area contributed by atoms with E-state index in [-0.39, 0.29) is 6.29 Å². The molecule has 0 bridgehead atoms. The van der Waals surface area contributed by atoms with Crippen LogP contribution in [0.4, 0.5) is 0 Å². The molecule has 0 aliphatic carbocycles. The molecule has 1 aromatic carbocycles. The van der Waals surface area contributed by atoms with Crippen LogP contribution in [0.1, 0.15) is 5.56 Å². The second-order valence-corrected chi connectivity index (χ2v) is 3.41. The van der Waals surface area contributed by atoms with Crippen molar-refractivity contribution in [1.29, 1.82) is 0 Å². The molecule has 2 rings (SSSR count). The van der Waals surface area contributed by atoms with Gasteiger partial charge in [0.15, 0.2) is 0 Å². The van der Waals surface area contributed by atoms with Crippen molar-refractivity contribution in [3.05, 3.63) is 30.1 Å². The number of hydrogen-bond acceptors (Lipinski definition) is 3. The van der Waals surface area contributed by atoms with Gasteiger partial charge in [0.2, 0.25) is 6.29 Å². The van der Waals surface area contributed by atoms with Crippen molar-refractivity contribution in [2.75, 3.05) is 6.54 Å². The third-order valence-electron chi connectivity index (χ3n) is 2.30. The van der Waals surface area contributed by atoms with Gasteiger partial charge >= 0.3 is 0 Å². The van der Waals surface area contributed by atoms with Gasteiger partial charge in [-0.1, -0.05) is 6.07 Å². The minimum atomic E-state index is -0.581. The summed E-state index contributed by atoms with van der Waals surface area (Å²) in [5, 5.41) is 2.49. The molecule has 0 aliphatic heterocycles. The molecule has 0 unspecified atom stereocenters. The summed E-state index contributed by atoms with van der Waals surface area (Å²) < 4.78 is 0. The number of aldehydes is 1. The molecule has 82 valence electrons. The second-order valence-electron chi connectivity index (χ2n) is 3.41. The molecule has 16 heavy (non-hydrogen) atoms. The van der Waals surface area contributed by atoms with Gasteiger partial charge in [-0.3, -0.25) is 9.59 Å². The largest absolute Gasteiger partial charge is 0.349 e. The number of nitrogens with one attached hydrogen (secondary N) is 2. The Kier molecular flexibility index (Phi) is 2.95. The van der Waals surface area contributed by atoms with Crippen LogP contribution in [0, 0.1) is 0 Å². The summed E-state index contributed by atoms with van der Waals surface area (Å²) in [4.78, 5) is 27.9. The van der Waals surface area contributed by atoms with Gasteiger partial charge in [0.05, 0.1) is 17.4 Å². The van der Waals surface area contributed by atoms with Gasteiger partial charge in [-0.05, 0) is 24.1 Å². The second kappa shape index (κ2) is 4.57. The number of aromatic nitrogens is 2. The number of rotatable bonds is 4. The molecule has 1 amide bonds. The van der Waals surface area contributed by atoms with Crippen LogP contribution in [0.2, 0.25) is 0 Å². The van der Waals surface area contributed by atoms with Gasteiger partial charge < -0.3 is 10.3 Å². The maximum Gasteiger partial charge on any atom is 0.284 e. The number of H-pyrrole nitrogens is 1. The first-order chi connectivity index (χ1) is 7.79. The number of amides is 1. The van der Waals surface area contributed by atoms with Crippen molar-refractivity contribution < 1.29 is 9.59 Å². The lowest BCUT2D eigenvalue weighted by Gasteiger charge is -2.01. The fourth-order valence-electron chi connectivity index (χ4n) is 1.51. The van der Waals surface area contributed by atoms with Crippen LogP contribution >= 0.6 is 0 Å². The van der Waals surface area contributed by atoms with Gasteiger partial charge in [-0.2, -0.15) is 0 Å². The summed E-state index contributed by atoms with van der Waals surface area (Å²) in [5.41, 5.74) is 2.97. The molecule has 0 atom stereocenters. The van der Waals surface area contributed by atoms with E-state index < -0.39 is 5.91 Å². The zero-order valence-electron chi connectivity index (χ0n) is 8.56. The summed E-state index contributed by atoms with van der Waals surface area (Å²) in [6.45, 7) is 0.456. The van der Waals surface area contributed by atoms with E-state index >= 15 is 0 Å². The van der Waals surface area contributed by atoms with Crippen LogP contribution in [0.5, 0.6) is 0 Å². The zero-order valence-corrected chi connectivity index (χ0v) is 8.56. The molecule has 0 fully saturated rings. The van der Waals surface area contributed by atoms with Gasteiger partial charge in [0, 0.05) is 6.54 Å². The van der Waals surface area contributed by atoms with E-state index in [1.165, 1.54) is 0 Å². The average molecular weight is 217 g/mol. The van der Waals surface area contributed by atoms with Gasteiger partial charge in [-0.25, -0.2) is 4.98 Å². The fourth-order valence-corrected chi connectivity index (χ4v) is 1.51. The van der Waals surface area contributed by atoms with Crippen molar-refractivity contribution in [1.82, 2.24) is 15.3 Å². The van der Waals surface area contributed by atoms with E-state index in [1.807, 2.05) is 18.2 Å². The highest BCUT2D eigenvalue weighted by Gasteiger charge is 2.00. The summed E-state index contributed by atoms with van der Waals surface area (Å²) in [6, 6.07) is 5.86. The summed E-state index contributed by atoms with van der Waals surface area (Å²) in [6.07, 6.45) is 2.61. The van der Waals surface area contributed by atoms with Crippen LogP contribution in [-0.4, -0.2) is 28.7 Å². The number of imidazole rings is 1. The minimum absolute atomic E-state index is 0.276. The van der Waals surface area contributed by atoms with E-state index in [0.717, 1.165) is 16.6 Å². The lowest BCUT2D eigenvalue weighted by molar-refractivity contribution is -0.131. The molecule has 2 aromatic rings. The van der Waals surface area contributed by atoms with E-state index in [0.29, 0.717) is 13.0 Å². The van der Waals surface area contributed by atoms with Crippen LogP contribution in [-0.2, 0) is 16.0 Å². The number of carbonyl (C=O) groups excluding carboxylic acids is 2. The standard InChI is InChI=1S/C11H11N3O2/c15-6-11(16)12-4-3-8-1-2-9-10(5-8)14-7-13-9/h1-2,5-7H,3-4H2,(H,12,16)(H,13,14). The monoisotopic (exact) mass is 217 g/mol. The van der Waals surface area contributed by atoms with Crippen molar-refractivity contribution >= 4 is 23.2 Å².